The Hall–Kier alpha value is -2.17. The summed E-state index contributed by atoms with van der Waals surface area (Å²) in [4.78, 5) is 10.7. The highest BCUT2D eigenvalue weighted by Crippen LogP contribution is 2.30. The molecule has 0 fully saturated rings. The molecule has 5 nitrogen and oxygen atoms in total. The minimum atomic E-state index is 0.170. The molecule has 0 bridgehead atoms. The second kappa shape index (κ2) is 4.14. The smallest absolute Gasteiger partial charge is 0.175 e. The second-order valence-electron chi connectivity index (χ2n) is 3.32. The van der Waals surface area contributed by atoms with Gasteiger partial charge in [-0.2, -0.15) is 0 Å². The largest absolute Gasteiger partial charge is 0.496 e. The number of aldehydes is 1. The van der Waals surface area contributed by atoms with Gasteiger partial charge in [0.2, 0.25) is 0 Å². The van der Waals surface area contributed by atoms with Gasteiger partial charge in [0, 0.05) is 5.56 Å². The van der Waals surface area contributed by atoms with Crippen LogP contribution < -0.4 is 4.74 Å². The van der Waals surface area contributed by atoms with Gasteiger partial charge >= 0.3 is 0 Å². The topological polar surface area (TPSA) is 65.2 Å². The quantitative estimate of drug-likeness (QED) is 0.736. The van der Waals surface area contributed by atoms with Crippen molar-refractivity contribution in [3.63, 3.8) is 0 Å². The van der Waals surface area contributed by atoms with Crippen molar-refractivity contribution in [2.24, 2.45) is 0 Å². The molecule has 0 saturated carbocycles. The Morgan fingerprint density at radius 1 is 1.38 bits per heavy atom. The summed E-state index contributed by atoms with van der Waals surface area (Å²) < 4.78 is 9.74. The number of aromatic nitrogens is 2. The van der Waals surface area contributed by atoms with Gasteiger partial charge in [-0.1, -0.05) is 11.6 Å². The minimum Gasteiger partial charge on any atom is -0.496 e. The van der Waals surface area contributed by atoms with E-state index in [1.807, 2.05) is 25.1 Å². The van der Waals surface area contributed by atoms with E-state index in [2.05, 4.69) is 14.9 Å². The number of carbonyl (C=O) groups excluding carboxylic acids is 1. The van der Waals surface area contributed by atoms with Gasteiger partial charge in [-0.3, -0.25) is 4.79 Å². The zero-order chi connectivity index (χ0) is 11.5. The van der Waals surface area contributed by atoms with E-state index < -0.39 is 0 Å². The van der Waals surface area contributed by atoms with E-state index in [1.54, 1.807) is 7.11 Å². The summed E-state index contributed by atoms with van der Waals surface area (Å²) in [5.74, 6) is 0.629. The monoisotopic (exact) mass is 218 g/mol. The number of aryl methyl sites for hydroxylation is 1. The summed E-state index contributed by atoms with van der Waals surface area (Å²) in [5, 5.41) is 7.22. The maximum atomic E-state index is 10.7. The molecule has 0 aliphatic heterocycles. The first-order valence-electron chi connectivity index (χ1n) is 4.69. The van der Waals surface area contributed by atoms with Crippen LogP contribution >= 0.6 is 0 Å². The molecule has 1 heterocycles. The van der Waals surface area contributed by atoms with Gasteiger partial charge in [0.1, 0.15) is 11.4 Å². The van der Waals surface area contributed by atoms with E-state index >= 15 is 0 Å². The van der Waals surface area contributed by atoms with Crippen LogP contribution in [0.15, 0.2) is 22.8 Å². The molecule has 0 saturated heterocycles. The normalized spacial score (nSPS) is 10.1. The molecule has 2 rings (SSSR count). The third-order valence-corrected chi connectivity index (χ3v) is 2.24. The number of hydrogen-bond donors (Lipinski definition) is 0. The van der Waals surface area contributed by atoms with Gasteiger partial charge in [0.25, 0.3) is 0 Å². The van der Waals surface area contributed by atoms with Crippen LogP contribution in [0.4, 0.5) is 0 Å². The standard InChI is InChI=1S/C11H10N2O3/c1-7-3-4-10(15-2)8(5-7)11-9(6-14)12-16-13-11/h3-6H,1-2H3. The lowest BCUT2D eigenvalue weighted by molar-refractivity contribution is 0.111. The SMILES string of the molecule is COc1ccc(C)cc1-c1nonc1C=O. The number of hydrogen-bond acceptors (Lipinski definition) is 5. The van der Waals surface area contributed by atoms with Crippen LogP contribution in [0.3, 0.4) is 0 Å². The molecule has 1 aromatic heterocycles. The van der Waals surface area contributed by atoms with E-state index in [4.69, 9.17) is 4.74 Å². The predicted molar refractivity (Wildman–Crippen MR) is 56.4 cm³/mol. The minimum absolute atomic E-state index is 0.170. The Labute approximate surface area is 92.0 Å². The summed E-state index contributed by atoms with van der Waals surface area (Å²) in [5.41, 5.74) is 2.31. The van der Waals surface area contributed by atoms with E-state index in [9.17, 15) is 4.79 Å². The van der Waals surface area contributed by atoms with E-state index in [0.717, 1.165) is 5.56 Å². The second-order valence-corrected chi connectivity index (χ2v) is 3.32. The van der Waals surface area contributed by atoms with Crippen LogP contribution in [0.2, 0.25) is 0 Å². The lowest BCUT2D eigenvalue weighted by Crippen LogP contribution is -1.92. The molecule has 0 atom stereocenters. The lowest BCUT2D eigenvalue weighted by atomic mass is 10.1. The Kier molecular flexibility index (Phi) is 2.68. The summed E-state index contributed by atoms with van der Waals surface area (Å²) >= 11 is 0. The van der Waals surface area contributed by atoms with Crippen LogP contribution in [-0.4, -0.2) is 23.7 Å². The molecule has 82 valence electrons. The average molecular weight is 218 g/mol. The van der Waals surface area contributed by atoms with Crippen molar-refractivity contribution in [1.82, 2.24) is 10.3 Å². The van der Waals surface area contributed by atoms with Crippen LogP contribution in [-0.2, 0) is 0 Å². The molecular formula is C11H10N2O3. The third kappa shape index (κ3) is 1.67. The highest BCUT2D eigenvalue weighted by atomic mass is 16.6. The highest BCUT2D eigenvalue weighted by Gasteiger charge is 2.15. The number of carbonyl (C=O) groups is 1. The van der Waals surface area contributed by atoms with Crippen molar-refractivity contribution < 1.29 is 14.2 Å². The molecule has 5 heteroatoms. The fraction of sp³-hybridized carbons (Fsp3) is 0.182. The molecule has 0 radical (unpaired) electrons. The van der Waals surface area contributed by atoms with Gasteiger partial charge in [-0.15, -0.1) is 0 Å². The van der Waals surface area contributed by atoms with Gasteiger partial charge in [-0.05, 0) is 29.4 Å². The lowest BCUT2D eigenvalue weighted by Gasteiger charge is -2.06. The Bertz CT molecular complexity index is 520. The molecule has 0 amide bonds. The van der Waals surface area contributed by atoms with Crippen molar-refractivity contribution in [2.75, 3.05) is 7.11 Å². The van der Waals surface area contributed by atoms with Crippen molar-refractivity contribution >= 4 is 6.29 Å². The first kappa shape index (κ1) is 10.4. The van der Waals surface area contributed by atoms with Crippen LogP contribution in [0, 0.1) is 6.92 Å². The first-order chi connectivity index (χ1) is 7.76. The van der Waals surface area contributed by atoms with Crippen molar-refractivity contribution in [3.8, 4) is 17.0 Å². The van der Waals surface area contributed by atoms with Crippen LogP contribution in [0.1, 0.15) is 16.1 Å². The van der Waals surface area contributed by atoms with Gasteiger partial charge in [0.05, 0.1) is 7.11 Å². The van der Waals surface area contributed by atoms with Crippen molar-refractivity contribution in [3.05, 3.63) is 29.5 Å². The molecule has 0 spiro atoms. The molecule has 0 aliphatic carbocycles. The maximum absolute atomic E-state index is 10.7. The summed E-state index contributed by atoms with van der Waals surface area (Å²) in [6.07, 6.45) is 0.605. The number of methoxy groups -OCH3 is 1. The Morgan fingerprint density at radius 2 is 2.19 bits per heavy atom. The number of nitrogens with zero attached hydrogens (tertiary/aromatic N) is 2. The van der Waals surface area contributed by atoms with Crippen molar-refractivity contribution in [1.29, 1.82) is 0 Å². The van der Waals surface area contributed by atoms with Crippen LogP contribution in [0.5, 0.6) is 5.75 Å². The number of rotatable bonds is 3. The first-order valence-corrected chi connectivity index (χ1v) is 4.69. The number of benzene rings is 1. The molecule has 0 unspecified atom stereocenters. The highest BCUT2D eigenvalue weighted by molar-refractivity contribution is 5.84. The summed E-state index contributed by atoms with van der Waals surface area (Å²) in [6.45, 7) is 1.94. The van der Waals surface area contributed by atoms with Crippen molar-refractivity contribution in [2.45, 2.75) is 6.92 Å². The zero-order valence-corrected chi connectivity index (χ0v) is 8.93. The van der Waals surface area contributed by atoms with Gasteiger partial charge in [0.15, 0.2) is 12.0 Å². The maximum Gasteiger partial charge on any atom is 0.175 e. The number of ether oxygens (including phenoxy) is 1. The van der Waals surface area contributed by atoms with Gasteiger partial charge in [-0.25, -0.2) is 4.63 Å². The molecular weight excluding hydrogens is 208 g/mol. The van der Waals surface area contributed by atoms with E-state index in [0.29, 0.717) is 23.3 Å². The summed E-state index contributed by atoms with van der Waals surface area (Å²) in [6, 6.07) is 5.59. The van der Waals surface area contributed by atoms with E-state index in [1.165, 1.54) is 0 Å². The molecule has 0 N–H and O–H groups in total. The van der Waals surface area contributed by atoms with Gasteiger partial charge < -0.3 is 4.74 Å². The fourth-order valence-corrected chi connectivity index (χ4v) is 1.47. The Balaban J connectivity index is 2.62. The fourth-order valence-electron chi connectivity index (χ4n) is 1.47. The molecule has 16 heavy (non-hydrogen) atoms. The average Bonchev–Trinajstić information content (AvgIpc) is 2.76. The summed E-state index contributed by atoms with van der Waals surface area (Å²) in [7, 11) is 1.56. The van der Waals surface area contributed by atoms with Crippen LogP contribution in [0.25, 0.3) is 11.3 Å². The van der Waals surface area contributed by atoms with E-state index in [-0.39, 0.29) is 5.69 Å². The zero-order valence-electron chi connectivity index (χ0n) is 8.93. The third-order valence-electron chi connectivity index (χ3n) is 2.24. The predicted octanol–water partition coefficient (Wildman–Crippen LogP) is 1.87. The Morgan fingerprint density at radius 3 is 2.88 bits per heavy atom. The molecule has 2 aromatic rings. The molecule has 1 aromatic carbocycles. The molecule has 0 aliphatic rings.